The molecule has 2 aliphatic heterocycles. The summed E-state index contributed by atoms with van der Waals surface area (Å²) in [5.41, 5.74) is 7.66. The van der Waals surface area contributed by atoms with Crippen molar-refractivity contribution in [3.8, 4) is 22.9 Å². The highest BCUT2D eigenvalue weighted by molar-refractivity contribution is 7.11. The van der Waals surface area contributed by atoms with Gasteiger partial charge in [-0.1, -0.05) is 18.2 Å². The lowest BCUT2D eigenvalue weighted by atomic mass is 9.79. The normalized spacial score (nSPS) is 17.6. The summed E-state index contributed by atoms with van der Waals surface area (Å²) in [6.45, 7) is 8.44. The third-order valence-electron chi connectivity index (χ3n) is 7.91. The highest BCUT2D eigenvalue weighted by atomic mass is 35.5. The predicted molar refractivity (Wildman–Crippen MR) is 150 cm³/mol. The Bertz CT molecular complexity index is 1560. The zero-order valence-corrected chi connectivity index (χ0v) is 22.6. The monoisotopic (exact) mass is 543 g/mol. The number of benzene rings is 1. The summed E-state index contributed by atoms with van der Waals surface area (Å²) in [6.07, 6.45) is 5.89. The molecule has 2 fully saturated rings. The smallest absolute Gasteiger partial charge is 0.245 e. The number of allylic oxidation sites excluding steroid dienone is 1. The van der Waals surface area contributed by atoms with Gasteiger partial charge in [-0.3, -0.25) is 4.79 Å². The van der Waals surface area contributed by atoms with Gasteiger partial charge in [0.25, 0.3) is 0 Å². The summed E-state index contributed by atoms with van der Waals surface area (Å²) in [4.78, 5) is 26.7. The molecule has 2 aromatic heterocycles. The maximum absolute atomic E-state index is 12.1. The molecule has 6 rings (SSSR count). The number of hydrogen-bond donors (Lipinski definition) is 1. The molecule has 3 aliphatic rings. The molecule has 0 saturated carbocycles. The molecule has 0 radical (unpaired) electrons. The van der Waals surface area contributed by atoms with Gasteiger partial charge in [0.15, 0.2) is 0 Å². The minimum absolute atomic E-state index is 0.00739. The lowest BCUT2D eigenvalue weighted by molar-refractivity contribution is -0.136. The van der Waals surface area contributed by atoms with E-state index in [1.807, 2.05) is 17.3 Å². The maximum Gasteiger partial charge on any atom is 0.245 e. The molecule has 2 saturated heterocycles. The number of thiazole rings is 1. The quantitative estimate of drug-likeness (QED) is 0.439. The van der Waals surface area contributed by atoms with E-state index >= 15 is 0 Å². The molecule has 1 N–H and O–H groups in total. The highest BCUT2D eigenvalue weighted by Gasteiger charge is 2.49. The van der Waals surface area contributed by atoms with E-state index in [1.54, 1.807) is 29.5 Å². The molecule has 1 amide bonds. The molecule has 3 aromatic rings. The Hall–Kier alpha value is -3.67. The van der Waals surface area contributed by atoms with E-state index in [0.717, 1.165) is 46.8 Å². The fourth-order valence-corrected chi connectivity index (χ4v) is 7.11. The second-order valence-corrected chi connectivity index (χ2v) is 11.6. The molecule has 0 atom stereocenters. The summed E-state index contributed by atoms with van der Waals surface area (Å²) in [6, 6.07) is 7.27. The van der Waals surface area contributed by atoms with Crippen molar-refractivity contribution < 1.29 is 9.90 Å². The number of rotatable bonds is 4. The molecule has 1 aliphatic carbocycles. The number of carbonyl (C=O) groups excluding carboxylic acids is 1. The van der Waals surface area contributed by atoms with Crippen LogP contribution in [0.3, 0.4) is 0 Å². The summed E-state index contributed by atoms with van der Waals surface area (Å²) in [5.74, 6) is 0.675. The predicted octanol–water partition coefficient (Wildman–Crippen LogP) is 5.46. The molecule has 192 valence electrons. The van der Waals surface area contributed by atoms with Gasteiger partial charge in [-0.15, -0.1) is 11.3 Å². The van der Waals surface area contributed by atoms with Crippen molar-refractivity contribution in [2.45, 2.75) is 26.2 Å². The number of anilines is 1. The number of nitrogens with zero attached hydrogens (tertiary/aromatic N) is 5. The maximum atomic E-state index is 12.1. The van der Waals surface area contributed by atoms with Crippen LogP contribution in [0, 0.1) is 23.7 Å². The second kappa shape index (κ2) is 9.26. The molecular formula is C29H26ClN5O2S. The van der Waals surface area contributed by atoms with Crippen molar-refractivity contribution in [1.29, 1.82) is 5.26 Å². The van der Waals surface area contributed by atoms with Crippen molar-refractivity contribution in [3.63, 3.8) is 0 Å². The fraction of sp³-hybridized carbons (Fsp3) is 0.310. The van der Waals surface area contributed by atoms with Gasteiger partial charge in [0.2, 0.25) is 5.91 Å². The van der Waals surface area contributed by atoms with E-state index in [9.17, 15) is 15.2 Å². The van der Waals surface area contributed by atoms with Crippen molar-refractivity contribution in [3.05, 3.63) is 68.8 Å². The number of nitriles is 1. The summed E-state index contributed by atoms with van der Waals surface area (Å²) >= 11 is 8.28. The Morgan fingerprint density at radius 3 is 2.84 bits per heavy atom. The van der Waals surface area contributed by atoms with Gasteiger partial charge in [-0.25, -0.2) is 9.97 Å². The van der Waals surface area contributed by atoms with Gasteiger partial charge in [-0.2, -0.15) is 5.26 Å². The first-order valence-electron chi connectivity index (χ1n) is 12.6. The van der Waals surface area contributed by atoms with E-state index < -0.39 is 0 Å². The molecule has 0 unspecified atom stereocenters. The number of likely N-dealkylation sites (tertiary alicyclic amines) is 1. The van der Waals surface area contributed by atoms with Crippen molar-refractivity contribution in [1.82, 2.24) is 14.9 Å². The van der Waals surface area contributed by atoms with Crippen molar-refractivity contribution >= 4 is 46.3 Å². The lowest BCUT2D eigenvalue weighted by Crippen LogP contribution is -2.59. The van der Waals surface area contributed by atoms with E-state index in [1.165, 1.54) is 11.6 Å². The Morgan fingerprint density at radius 2 is 2.13 bits per heavy atom. The molecule has 1 spiro atoms. The van der Waals surface area contributed by atoms with Crippen LogP contribution >= 0.6 is 22.9 Å². The largest absolute Gasteiger partial charge is 0.508 e. The Morgan fingerprint density at radius 1 is 1.32 bits per heavy atom. The van der Waals surface area contributed by atoms with Crippen LogP contribution in [0.25, 0.3) is 22.8 Å². The van der Waals surface area contributed by atoms with Gasteiger partial charge < -0.3 is 14.9 Å². The zero-order valence-electron chi connectivity index (χ0n) is 21.0. The molecule has 9 heteroatoms. The van der Waals surface area contributed by atoms with Gasteiger partial charge in [-0.05, 0) is 67.7 Å². The minimum Gasteiger partial charge on any atom is -0.508 e. The molecule has 1 aromatic carbocycles. The number of fused-ring (bicyclic) bond motifs is 1. The first-order chi connectivity index (χ1) is 18.3. The first kappa shape index (κ1) is 24.7. The van der Waals surface area contributed by atoms with Crippen LogP contribution in [-0.4, -0.2) is 52.1 Å². The number of pyridine rings is 1. The summed E-state index contributed by atoms with van der Waals surface area (Å²) in [5, 5.41) is 21.3. The van der Waals surface area contributed by atoms with Gasteiger partial charge in [0.05, 0.1) is 21.8 Å². The van der Waals surface area contributed by atoms with Crippen LogP contribution in [0.1, 0.15) is 40.2 Å². The van der Waals surface area contributed by atoms with Crippen molar-refractivity contribution in [2.75, 3.05) is 31.1 Å². The average Bonchev–Trinajstić information content (AvgIpc) is 3.54. The number of amides is 1. The molecule has 0 bridgehead atoms. The minimum atomic E-state index is -0.0458. The number of halogens is 1. The first-order valence-corrected chi connectivity index (χ1v) is 13.8. The third-order valence-corrected chi connectivity index (χ3v) is 9.24. The van der Waals surface area contributed by atoms with Crippen LogP contribution < -0.4 is 4.90 Å². The van der Waals surface area contributed by atoms with Gasteiger partial charge >= 0.3 is 0 Å². The number of aryl methyl sites for hydroxylation is 1. The molecule has 7 nitrogen and oxygen atoms in total. The summed E-state index contributed by atoms with van der Waals surface area (Å²) in [7, 11) is 0. The standard InChI is InChI=1S/C29H26ClN5O2S/c1-3-25(37)35-14-29(15-35)8-9-34(13-29)28-22(12-31)26(21-11-19(36)5-7-23(21)30)20-6-4-18(10-24(20)33-28)27-17(2)32-16-38-27/h3,5,7,10-11,16,36H,1,4,6,8-9,13-15H2,2H3. The highest BCUT2D eigenvalue weighted by Crippen LogP contribution is 2.46. The number of hydrogen-bond acceptors (Lipinski definition) is 7. The SMILES string of the molecule is C=CC(=O)N1CC2(CCN(c3nc4c(c(-c5cc(O)ccc5Cl)c3C#N)CCC(c3scnc3C)=C4)C2)C1. The number of carbonyl (C=O) groups is 1. The van der Waals surface area contributed by atoms with E-state index in [0.29, 0.717) is 48.0 Å². The van der Waals surface area contributed by atoms with Crippen LogP contribution in [0.2, 0.25) is 5.02 Å². The number of phenolic OH excluding ortho intramolecular Hbond substituents is 1. The van der Waals surface area contributed by atoms with E-state index in [4.69, 9.17) is 16.6 Å². The fourth-order valence-electron chi connectivity index (χ4n) is 6.05. The zero-order chi connectivity index (χ0) is 26.6. The number of aromatic hydroxyl groups is 1. The van der Waals surface area contributed by atoms with Crippen molar-refractivity contribution in [2.24, 2.45) is 5.41 Å². The van der Waals surface area contributed by atoms with Crippen LogP contribution in [0.4, 0.5) is 5.82 Å². The summed E-state index contributed by atoms with van der Waals surface area (Å²) < 4.78 is 0. The number of phenols is 1. The third kappa shape index (κ3) is 3.98. The molecule has 4 heterocycles. The number of aromatic nitrogens is 2. The average molecular weight is 544 g/mol. The van der Waals surface area contributed by atoms with E-state index in [2.05, 4.69) is 28.6 Å². The topological polar surface area (TPSA) is 93.4 Å². The van der Waals surface area contributed by atoms with E-state index in [-0.39, 0.29) is 17.1 Å². The van der Waals surface area contributed by atoms with Crippen LogP contribution in [-0.2, 0) is 11.2 Å². The lowest BCUT2D eigenvalue weighted by Gasteiger charge is -2.47. The van der Waals surface area contributed by atoms with Crippen LogP contribution in [0.5, 0.6) is 5.75 Å². The Labute approximate surface area is 230 Å². The Balaban J connectivity index is 1.48. The van der Waals surface area contributed by atoms with Crippen LogP contribution in [0.15, 0.2) is 36.4 Å². The molecule has 38 heavy (non-hydrogen) atoms. The Kier molecular flexibility index (Phi) is 6.01. The second-order valence-electron chi connectivity index (χ2n) is 10.3. The van der Waals surface area contributed by atoms with Gasteiger partial charge in [0.1, 0.15) is 23.2 Å². The molecular weight excluding hydrogens is 518 g/mol. The van der Waals surface area contributed by atoms with Gasteiger partial charge in [0, 0.05) is 47.7 Å².